The van der Waals surface area contributed by atoms with Crippen molar-refractivity contribution >= 4 is 29.4 Å². The Morgan fingerprint density at radius 3 is 1.98 bits per heavy atom. The van der Waals surface area contributed by atoms with Crippen LogP contribution in [0, 0.1) is 17.7 Å². The summed E-state index contributed by atoms with van der Waals surface area (Å²) in [6, 6.07) is 36.9. The summed E-state index contributed by atoms with van der Waals surface area (Å²) >= 11 is 0. The van der Waals surface area contributed by atoms with Crippen molar-refractivity contribution in [3.8, 4) is 16.9 Å². The van der Waals surface area contributed by atoms with Gasteiger partial charge in [-0.25, -0.2) is 4.39 Å². The van der Waals surface area contributed by atoms with Crippen LogP contribution in [0.5, 0.6) is 5.75 Å². The third kappa shape index (κ3) is 11.8. The van der Waals surface area contributed by atoms with Crippen molar-refractivity contribution in [3.05, 3.63) is 162 Å². The van der Waals surface area contributed by atoms with E-state index in [1.165, 1.54) is 18.2 Å². The number of carboxylic acids is 1. The van der Waals surface area contributed by atoms with Gasteiger partial charge in [0.2, 0.25) is 11.8 Å². The molecule has 0 aliphatic carbocycles. The van der Waals surface area contributed by atoms with E-state index in [-0.39, 0.29) is 50.9 Å². The number of ketones is 2. The van der Waals surface area contributed by atoms with E-state index in [2.05, 4.69) is 10.6 Å². The number of rotatable bonds is 9. The number of halogens is 1. The van der Waals surface area contributed by atoms with E-state index in [1.54, 1.807) is 30.3 Å². The molecule has 0 unspecified atom stereocenters. The first kappa shape index (κ1) is 40.2. The first-order valence-corrected chi connectivity index (χ1v) is 19.1. The van der Waals surface area contributed by atoms with E-state index in [4.69, 9.17) is 4.74 Å². The van der Waals surface area contributed by atoms with Crippen molar-refractivity contribution < 1.29 is 38.2 Å². The fourth-order valence-electron chi connectivity index (χ4n) is 7.08. The van der Waals surface area contributed by atoms with Crippen LogP contribution in [0.1, 0.15) is 41.5 Å². The van der Waals surface area contributed by atoms with Gasteiger partial charge in [-0.1, -0.05) is 109 Å². The number of carbonyl (C=O) groups is 5. The Hall–Kier alpha value is -6.42. The highest BCUT2D eigenvalue weighted by atomic mass is 19.1. The normalized spacial score (nSPS) is 19.7. The van der Waals surface area contributed by atoms with Gasteiger partial charge in [-0.15, -0.1) is 0 Å². The molecule has 7 rings (SSSR count). The minimum absolute atomic E-state index is 0.0128. The molecular weight excluding hydrogens is 724 g/mol. The summed E-state index contributed by atoms with van der Waals surface area (Å²) in [6.07, 6.45) is 0.136. The zero-order chi connectivity index (χ0) is 40.1. The number of hydrogen-bond acceptors (Lipinski definition) is 6. The SMILES string of the molecule is O=C1COc2ccc(cc2)C[C@@H](C(=O)O)CC(=O)[C@H](CCc2ccccc2)NC(=O)[C@@H](Cc2ccc(-c3ccccc3)cc2)NC(=O)[C@H](Cc2cccc(F)c2)C1. The number of amides is 2. The molecule has 5 aromatic carbocycles. The van der Waals surface area contributed by atoms with Gasteiger partial charge in [0.1, 0.15) is 24.2 Å². The fraction of sp³-hybridized carbons (Fsp3) is 0.255. The summed E-state index contributed by atoms with van der Waals surface area (Å²) in [6.45, 7) is -0.348. The quantitative estimate of drug-likeness (QED) is 0.151. The van der Waals surface area contributed by atoms with Gasteiger partial charge < -0.3 is 20.5 Å². The van der Waals surface area contributed by atoms with E-state index in [9.17, 15) is 33.5 Å². The topological polar surface area (TPSA) is 139 Å². The molecule has 10 heteroatoms. The van der Waals surface area contributed by atoms with E-state index < -0.39 is 53.3 Å². The highest BCUT2D eigenvalue weighted by molar-refractivity contribution is 5.95. The van der Waals surface area contributed by atoms with Crippen molar-refractivity contribution in [2.45, 2.75) is 57.0 Å². The van der Waals surface area contributed by atoms with Gasteiger partial charge in [-0.3, -0.25) is 24.0 Å². The number of carbonyl (C=O) groups excluding carboxylic acids is 4. The minimum atomic E-state index is -1.19. The molecular formula is C47H45FN2O7. The van der Waals surface area contributed by atoms with Crippen molar-refractivity contribution in [2.75, 3.05) is 6.61 Å². The lowest BCUT2D eigenvalue weighted by Crippen LogP contribution is -2.54. The number of ether oxygens (including phenoxy) is 1. The van der Waals surface area contributed by atoms with Gasteiger partial charge >= 0.3 is 5.97 Å². The number of carboxylic acid groups (broad SMARTS) is 1. The molecule has 3 N–H and O–H groups in total. The third-order valence-corrected chi connectivity index (χ3v) is 10.2. The van der Waals surface area contributed by atoms with E-state index >= 15 is 0 Å². The molecule has 0 fully saturated rings. The number of nitrogens with one attached hydrogen (secondary N) is 2. The third-order valence-electron chi connectivity index (χ3n) is 10.2. The number of benzene rings is 5. The van der Waals surface area contributed by atoms with Crippen molar-refractivity contribution in [1.82, 2.24) is 10.6 Å². The lowest BCUT2D eigenvalue weighted by molar-refractivity contribution is -0.144. The standard InChI is InChI=1S/C47H45FN2O7/c48-39-13-7-10-34(26-39)25-37-28-40(51)30-57-41-21-16-32(17-22-41)24-38(47(55)56)29-44(52)42(23-18-31-8-3-1-4-9-31)49-46(54)43(50-45(37)53)27-33-14-19-36(20-15-33)35-11-5-2-6-12-35/h1-17,19-22,26,37-38,42-43H,18,23-25,27-30H2,(H,49,54)(H,50,53)(H,55,56)/t37-,38-,42+,43-/m1/s1. The van der Waals surface area contributed by atoms with Gasteiger partial charge in [0.15, 0.2) is 11.6 Å². The summed E-state index contributed by atoms with van der Waals surface area (Å²) in [5.74, 6) is -5.42. The van der Waals surface area contributed by atoms with Crippen LogP contribution >= 0.6 is 0 Å². The van der Waals surface area contributed by atoms with Gasteiger partial charge in [0.25, 0.3) is 0 Å². The summed E-state index contributed by atoms with van der Waals surface area (Å²) in [4.78, 5) is 68.5. The van der Waals surface area contributed by atoms with E-state index in [1.807, 2.05) is 84.9 Å². The molecule has 2 heterocycles. The van der Waals surface area contributed by atoms with Crippen molar-refractivity contribution in [2.24, 2.45) is 11.8 Å². The molecule has 2 amide bonds. The highest BCUT2D eigenvalue weighted by Crippen LogP contribution is 2.23. The second-order valence-corrected chi connectivity index (χ2v) is 14.5. The van der Waals surface area contributed by atoms with E-state index in [0.29, 0.717) is 23.3 Å². The molecule has 292 valence electrons. The molecule has 2 aliphatic rings. The highest BCUT2D eigenvalue weighted by Gasteiger charge is 2.32. The van der Waals surface area contributed by atoms with Gasteiger partial charge in [0, 0.05) is 25.2 Å². The summed E-state index contributed by atoms with van der Waals surface area (Å²) < 4.78 is 20.0. The van der Waals surface area contributed by atoms with Crippen LogP contribution in [0.15, 0.2) is 133 Å². The smallest absolute Gasteiger partial charge is 0.307 e. The van der Waals surface area contributed by atoms with Crippen molar-refractivity contribution in [3.63, 3.8) is 0 Å². The Bertz CT molecular complexity index is 2160. The average molecular weight is 769 g/mol. The predicted molar refractivity (Wildman–Crippen MR) is 214 cm³/mol. The molecule has 5 aromatic rings. The van der Waals surface area contributed by atoms with Crippen LogP contribution in [0.2, 0.25) is 0 Å². The molecule has 9 nitrogen and oxygen atoms in total. The molecule has 2 bridgehead atoms. The van der Waals surface area contributed by atoms with Gasteiger partial charge in [-0.05, 0) is 83.3 Å². The molecule has 4 atom stereocenters. The molecule has 0 saturated heterocycles. The van der Waals surface area contributed by atoms with Crippen molar-refractivity contribution in [1.29, 1.82) is 0 Å². The summed E-state index contributed by atoms with van der Waals surface area (Å²) in [5.41, 5.74) is 4.77. The maximum atomic E-state index is 14.4. The number of aliphatic carboxylic acids is 1. The molecule has 57 heavy (non-hydrogen) atoms. The summed E-state index contributed by atoms with van der Waals surface area (Å²) in [5, 5.41) is 15.9. The molecule has 2 aliphatic heterocycles. The zero-order valence-corrected chi connectivity index (χ0v) is 31.4. The van der Waals surface area contributed by atoms with E-state index in [0.717, 1.165) is 22.3 Å². The molecule has 0 spiro atoms. The molecule has 0 aromatic heterocycles. The maximum Gasteiger partial charge on any atom is 0.307 e. The fourth-order valence-corrected chi connectivity index (χ4v) is 7.08. The lowest BCUT2D eigenvalue weighted by atomic mass is 9.90. The predicted octanol–water partition coefficient (Wildman–Crippen LogP) is 6.75. The van der Waals surface area contributed by atoms with Crippen LogP contribution in [0.4, 0.5) is 4.39 Å². The van der Waals surface area contributed by atoms with Crippen LogP contribution < -0.4 is 15.4 Å². The Morgan fingerprint density at radius 1 is 0.649 bits per heavy atom. The Balaban J connectivity index is 1.34. The molecule has 0 saturated carbocycles. The lowest BCUT2D eigenvalue weighted by Gasteiger charge is -2.26. The number of hydrogen-bond donors (Lipinski definition) is 3. The second-order valence-electron chi connectivity index (χ2n) is 14.5. The monoisotopic (exact) mass is 768 g/mol. The Morgan fingerprint density at radius 2 is 1.30 bits per heavy atom. The number of aryl methyl sites for hydroxylation is 1. The van der Waals surface area contributed by atoms with Gasteiger partial charge in [0.05, 0.1) is 12.0 Å². The van der Waals surface area contributed by atoms with Crippen LogP contribution in [-0.4, -0.2) is 53.1 Å². The minimum Gasteiger partial charge on any atom is -0.486 e. The van der Waals surface area contributed by atoms with Crippen LogP contribution in [0.25, 0.3) is 11.1 Å². The first-order valence-electron chi connectivity index (χ1n) is 19.1. The molecule has 0 radical (unpaired) electrons. The number of Topliss-reactive ketones (excluding diaryl/α,β-unsaturated/α-hetero) is 2. The van der Waals surface area contributed by atoms with Crippen LogP contribution in [-0.2, 0) is 49.7 Å². The Kier molecular flexibility index (Phi) is 13.7. The summed E-state index contributed by atoms with van der Waals surface area (Å²) in [7, 11) is 0. The second kappa shape index (κ2) is 19.4. The van der Waals surface area contributed by atoms with Gasteiger partial charge in [-0.2, -0.15) is 0 Å². The maximum absolute atomic E-state index is 14.4. The largest absolute Gasteiger partial charge is 0.486 e. The average Bonchev–Trinajstić information content (AvgIpc) is 3.22. The first-order chi connectivity index (χ1) is 27.6. The number of fused-ring (bicyclic) bond motifs is 16. The van der Waals surface area contributed by atoms with Crippen LogP contribution in [0.3, 0.4) is 0 Å². The Labute approximate surface area is 331 Å². The zero-order valence-electron chi connectivity index (χ0n) is 31.4.